The van der Waals surface area contributed by atoms with Crippen molar-refractivity contribution in [2.24, 2.45) is 0 Å². The molecule has 0 radical (unpaired) electrons. The SMILES string of the molecule is Cc1ccc2nc(Sc3ccc(CN4CCc5nc(-c6ccco6)[nH]c(=O)c5C4)o3)[nH]c2c1. The van der Waals surface area contributed by atoms with Crippen LogP contribution in [-0.2, 0) is 19.5 Å². The lowest BCUT2D eigenvalue weighted by atomic mass is 10.1. The van der Waals surface area contributed by atoms with Gasteiger partial charge in [0.05, 0.1) is 35.1 Å². The van der Waals surface area contributed by atoms with Crippen LogP contribution < -0.4 is 5.56 Å². The maximum absolute atomic E-state index is 12.7. The van der Waals surface area contributed by atoms with Crippen LogP contribution in [0.5, 0.6) is 0 Å². The Balaban J connectivity index is 1.15. The molecule has 0 saturated carbocycles. The van der Waals surface area contributed by atoms with Crippen LogP contribution in [0.15, 0.2) is 72.6 Å². The second-order valence-corrected chi connectivity index (χ2v) is 9.16. The van der Waals surface area contributed by atoms with E-state index in [4.69, 9.17) is 8.83 Å². The average Bonchev–Trinajstić information content (AvgIpc) is 3.55. The molecule has 1 aliphatic heterocycles. The van der Waals surface area contributed by atoms with Gasteiger partial charge in [0.2, 0.25) is 0 Å². The van der Waals surface area contributed by atoms with Gasteiger partial charge in [0.25, 0.3) is 5.56 Å². The van der Waals surface area contributed by atoms with Gasteiger partial charge >= 0.3 is 0 Å². The minimum atomic E-state index is -0.119. The number of fused-ring (bicyclic) bond motifs is 2. The summed E-state index contributed by atoms with van der Waals surface area (Å²) < 4.78 is 11.4. The zero-order valence-electron chi connectivity index (χ0n) is 17.9. The third-order valence-electron chi connectivity index (χ3n) is 5.73. The predicted molar refractivity (Wildman–Crippen MR) is 124 cm³/mol. The number of hydrogen-bond donors (Lipinski definition) is 2. The van der Waals surface area contributed by atoms with E-state index < -0.39 is 0 Å². The molecule has 8 nitrogen and oxygen atoms in total. The number of nitrogens with one attached hydrogen (secondary N) is 2. The first-order valence-corrected chi connectivity index (χ1v) is 11.5. The monoisotopic (exact) mass is 459 g/mol. The zero-order chi connectivity index (χ0) is 22.4. The van der Waals surface area contributed by atoms with Crippen LogP contribution in [0.2, 0.25) is 0 Å². The summed E-state index contributed by atoms with van der Waals surface area (Å²) >= 11 is 1.47. The molecule has 166 valence electrons. The van der Waals surface area contributed by atoms with E-state index in [2.05, 4.69) is 43.9 Å². The van der Waals surface area contributed by atoms with Crippen molar-refractivity contribution in [3.8, 4) is 11.6 Å². The van der Waals surface area contributed by atoms with Gasteiger partial charge in [-0.25, -0.2) is 9.97 Å². The van der Waals surface area contributed by atoms with E-state index in [0.717, 1.165) is 39.3 Å². The van der Waals surface area contributed by atoms with Crippen molar-refractivity contribution in [3.63, 3.8) is 0 Å². The summed E-state index contributed by atoms with van der Waals surface area (Å²) in [5.74, 6) is 1.90. The number of imidazole rings is 1. The van der Waals surface area contributed by atoms with Gasteiger partial charge in [0.1, 0.15) is 5.76 Å². The molecule has 33 heavy (non-hydrogen) atoms. The van der Waals surface area contributed by atoms with Crippen molar-refractivity contribution in [2.75, 3.05) is 6.54 Å². The second kappa shape index (κ2) is 8.09. The lowest BCUT2D eigenvalue weighted by Gasteiger charge is -2.26. The van der Waals surface area contributed by atoms with Crippen molar-refractivity contribution < 1.29 is 8.83 Å². The lowest BCUT2D eigenvalue weighted by Crippen LogP contribution is -2.35. The number of H-pyrrole nitrogens is 2. The molecule has 5 heterocycles. The third-order valence-corrected chi connectivity index (χ3v) is 6.54. The summed E-state index contributed by atoms with van der Waals surface area (Å²) in [6, 6.07) is 13.7. The number of nitrogens with zero attached hydrogens (tertiary/aromatic N) is 3. The van der Waals surface area contributed by atoms with Gasteiger partial charge in [0, 0.05) is 19.5 Å². The van der Waals surface area contributed by atoms with Crippen LogP contribution >= 0.6 is 11.8 Å². The Kier molecular flexibility index (Phi) is 4.92. The molecule has 6 rings (SSSR count). The van der Waals surface area contributed by atoms with E-state index in [1.54, 1.807) is 18.4 Å². The van der Waals surface area contributed by atoms with Crippen LogP contribution in [0.3, 0.4) is 0 Å². The van der Waals surface area contributed by atoms with E-state index in [1.165, 1.54) is 17.3 Å². The molecule has 2 N–H and O–H groups in total. The van der Waals surface area contributed by atoms with E-state index in [1.807, 2.05) is 18.2 Å². The van der Waals surface area contributed by atoms with E-state index in [0.29, 0.717) is 36.7 Å². The maximum atomic E-state index is 12.7. The third kappa shape index (κ3) is 4.01. The topological polar surface area (TPSA) is 104 Å². The molecule has 0 atom stereocenters. The number of hydrogen-bond acceptors (Lipinski definition) is 7. The van der Waals surface area contributed by atoms with Gasteiger partial charge in [-0.05, 0) is 60.6 Å². The van der Waals surface area contributed by atoms with E-state index in [-0.39, 0.29) is 5.56 Å². The molecule has 0 saturated heterocycles. The largest absolute Gasteiger partial charge is 0.461 e. The Bertz CT molecular complexity index is 1500. The summed E-state index contributed by atoms with van der Waals surface area (Å²) in [7, 11) is 0. The van der Waals surface area contributed by atoms with Crippen molar-refractivity contribution in [1.82, 2.24) is 24.8 Å². The van der Waals surface area contributed by atoms with Crippen LogP contribution in [0.25, 0.3) is 22.6 Å². The van der Waals surface area contributed by atoms with Gasteiger partial charge in [-0.1, -0.05) is 6.07 Å². The molecular formula is C24H21N5O3S. The minimum absolute atomic E-state index is 0.119. The molecule has 0 unspecified atom stereocenters. The minimum Gasteiger partial charge on any atom is -0.461 e. The number of rotatable bonds is 5. The summed E-state index contributed by atoms with van der Waals surface area (Å²) in [5.41, 5.74) is 4.57. The summed E-state index contributed by atoms with van der Waals surface area (Å²) in [6.07, 6.45) is 2.27. The number of aromatic amines is 2. The van der Waals surface area contributed by atoms with Gasteiger partial charge < -0.3 is 18.8 Å². The predicted octanol–water partition coefficient (Wildman–Crippen LogP) is 4.52. The Labute approximate surface area is 193 Å². The standard InChI is InChI=1S/C24H21N5O3S/c1-14-4-6-18-19(11-14)27-24(26-18)33-21-7-5-15(32-21)12-29-9-8-17-16(13-29)23(30)28-22(25-17)20-3-2-10-31-20/h2-7,10-11H,8-9,12-13H2,1H3,(H,26,27)(H,25,28,30). The van der Waals surface area contributed by atoms with Gasteiger partial charge in [-0.2, -0.15) is 0 Å². The molecule has 0 bridgehead atoms. The van der Waals surface area contributed by atoms with Crippen molar-refractivity contribution in [2.45, 2.75) is 36.7 Å². The zero-order valence-corrected chi connectivity index (χ0v) is 18.7. The molecule has 1 aliphatic rings. The highest BCUT2D eigenvalue weighted by Gasteiger charge is 2.23. The fraction of sp³-hybridized carbons (Fsp3) is 0.208. The van der Waals surface area contributed by atoms with Crippen LogP contribution in [0.4, 0.5) is 0 Å². The molecule has 4 aromatic heterocycles. The van der Waals surface area contributed by atoms with E-state index in [9.17, 15) is 4.79 Å². The summed E-state index contributed by atoms with van der Waals surface area (Å²) in [6.45, 7) is 4.01. The van der Waals surface area contributed by atoms with Crippen molar-refractivity contribution in [3.05, 3.63) is 81.7 Å². The number of furan rings is 2. The number of benzene rings is 1. The van der Waals surface area contributed by atoms with Gasteiger partial charge in [-0.3, -0.25) is 9.69 Å². The summed E-state index contributed by atoms with van der Waals surface area (Å²) in [5, 5.41) is 1.58. The van der Waals surface area contributed by atoms with Crippen molar-refractivity contribution >= 4 is 22.8 Å². The first kappa shape index (κ1) is 20.1. The highest BCUT2D eigenvalue weighted by molar-refractivity contribution is 7.99. The molecule has 9 heteroatoms. The quantitative estimate of drug-likeness (QED) is 0.398. The van der Waals surface area contributed by atoms with Crippen molar-refractivity contribution in [1.29, 1.82) is 0 Å². The second-order valence-electron chi connectivity index (χ2n) is 8.16. The molecule has 0 fully saturated rings. The summed E-state index contributed by atoms with van der Waals surface area (Å²) in [4.78, 5) is 30.3. The Morgan fingerprint density at radius 3 is 2.97 bits per heavy atom. The van der Waals surface area contributed by atoms with Gasteiger partial charge in [0.15, 0.2) is 21.8 Å². The van der Waals surface area contributed by atoms with Gasteiger partial charge in [-0.15, -0.1) is 0 Å². The molecular weight excluding hydrogens is 438 g/mol. The molecule has 0 spiro atoms. The lowest BCUT2D eigenvalue weighted by molar-refractivity contribution is 0.217. The highest BCUT2D eigenvalue weighted by Crippen LogP contribution is 2.30. The highest BCUT2D eigenvalue weighted by atomic mass is 32.2. The van der Waals surface area contributed by atoms with Crippen LogP contribution in [-0.4, -0.2) is 31.4 Å². The van der Waals surface area contributed by atoms with Crippen LogP contribution in [0, 0.1) is 6.92 Å². The normalized spacial score (nSPS) is 14.1. The van der Waals surface area contributed by atoms with Crippen LogP contribution in [0.1, 0.15) is 22.6 Å². The average molecular weight is 460 g/mol. The molecule has 1 aromatic carbocycles. The smallest absolute Gasteiger partial charge is 0.256 e. The fourth-order valence-electron chi connectivity index (χ4n) is 4.11. The van der Waals surface area contributed by atoms with E-state index >= 15 is 0 Å². The first-order valence-electron chi connectivity index (χ1n) is 10.7. The number of aryl methyl sites for hydroxylation is 1. The Morgan fingerprint density at radius 2 is 2.09 bits per heavy atom. The molecule has 0 amide bonds. The first-order chi connectivity index (χ1) is 16.1. The fourth-order valence-corrected chi connectivity index (χ4v) is 4.89. The molecule has 0 aliphatic carbocycles. The Morgan fingerprint density at radius 1 is 1.15 bits per heavy atom. The number of aromatic nitrogens is 4. The maximum Gasteiger partial charge on any atom is 0.256 e. The molecule has 5 aromatic rings. The Hall–Kier alpha value is -3.56.